The Bertz CT molecular complexity index is 359. The van der Waals surface area contributed by atoms with Gasteiger partial charge in [0, 0.05) is 18.4 Å². The van der Waals surface area contributed by atoms with Crippen LogP contribution in [0, 0.1) is 13.8 Å². The molecule has 1 rings (SSSR count). The molecule has 0 spiro atoms. The fourth-order valence-corrected chi connectivity index (χ4v) is 1.40. The average molecular weight is 193 g/mol. The Morgan fingerprint density at radius 1 is 1.50 bits per heavy atom. The first-order chi connectivity index (χ1) is 6.43. The largest absolute Gasteiger partial charge is 0.389 e. The fourth-order valence-electron chi connectivity index (χ4n) is 1.40. The highest BCUT2D eigenvalue weighted by Crippen LogP contribution is 2.17. The fraction of sp³-hybridized carbons (Fsp3) is 0.500. The summed E-state index contributed by atoms with van der Waals surface area (Å²) in [5.74, 6) is 0. The molecule has 0 saturated heterocycles. The molecule has 0 aliphatic carbocycles. The van der Waals surface area contributed by atoms with Gasteiger partial charge < -0.3 is 9.67 Å². The van der Waals surface area contributed by atoms with Crippen molar-refractivity contribution in [1.29, 1.82) is 0 Å². The lowest BCUT2D eigenvalue weighted by molar-refractivity contribution is 0.232. The van der Waals surface area contributed by atoms with Gasteiger partial charge in [-0.3, -0.25) is 0 Å². The molecule has 0 amide bonds. The van der Waals surface area contributed by atoms with Crippen molar-refractivity contribution in [3.05, 3.63) is 28.6 Å². The molecule has 1 heterocycles. The van der Waals surface area contributed by atoms with Crippen LogP contribution in [0.1, 0.15) is 30.8 Å². The van der Waals surface area contributed by atoms with Gasteiger partial charge in [0.25, 0.3) is 0 Å². The van der Waals surface area contributed by atoms with Crippen molar-refractivity contribution >= 4 is 6.08 Å². The van der Waals surface area contributed by atoms with E-state index in [2.05, 4.69) is 31.5 Å². The standard InChI is InChI=1S/C12H19NO/c1-8(11(4)14)6-12-7-9(2)13(5)10(12)3/h6-7,11,14H,1-5H3/b8-6+. The second-order valence-electron chi connectivity index (χ2n) is 3.95. The van der Waals surface area contributed by atoms with E-state index < -0.39 is 0 Å². The SMILES string of the molecule is C/C(=C\c1cc(C)n(C)c1C)C(C)O. The van der Waals surface area contributed by atoms with E-state index >= 15 is 0 Å². The molecular weight excluding hydrogens is 174 g/mol. The van der Waals surface area contributed by atoms with Crippen LogP contribution < -0.4 is 0 Å². The third-order valence-electron chi connectivity index (χ3n) is 2.86. The zero-order valence-electron chi connectivity index (χ0n) is 9.63. The first-order valence-electron chi connectivity index (χ1n) is 4.92. The Hall–Kier alpha value is -1.02. The van der Waals surface area contributed by atoms with Gasteiger partial charge >= 0.3 is 0 Å². The molecule has 1 aromatic heterocycles. The van der Waals surface area contributed by atoms with E-state index in [9.17, 15) is 5.11 Å². The lowest BCUT2D eigenvalue weighted by Gasteiger charge is -2.04. The van der Waals surface area contributed by atoms with Gasteiger partial charge in [-0.2, -0.15) is 0 Å². The number of aliphatic hydroxyl groups is 1. The molecule has 1 aromatic rings. The summed E-state index contributed by atoms with van der Waals surface area (Å²) in [5, 5.41) is 9.37. The summed E-state index contributed by atoms with van der Waals surface area (Å²) in [6.07, 6.45) is 1.68. The molecule has 0 radical (unpaired) electrons. The highest BCUT2D eigenvalue weighted by molar-refractivity contribution is 5.56. The van der Waals surface area contributed by atoms with Crippen LogP contribution in [-0.2, 0) is 7.05 Å². The third kappa shape index (κ3) is 2.07. The monoisotopic (exact) mass is 193 g/mol. The summed E-state index contributed by atoms with van der Waals surface area (Å²) in [7, 11) is 2.06. The summed E-state index contributed by atoms with van der Waals surface area (Å²) < 4.78 is 2.15. The van der Waals surface area contributed by atoms with Gasteiger partial charge in [0.2, 0.25) is 0 Å². The first kappa shape index (κ1) is 11.1. The second kappa shape index (κ2) is 4.01. The Kier molecular flexibility index (Phi) is 3.17. The topological polar surface area (TPSA) is 25.2 Å². The van der Waals surface area contributed by atoms with Gasteiger partial charge in [0.05, 0.1) is 6.10 Å². The van der Waals surface area contributed by atoms with E-state index in [1.165, 1.54) is 17.0 Å². The number of aromatic nitrogens is 1. The molecule has 0 fully saturated rings. The molecule has 78 valence electrons. The van der Waals surface area contributed by atoms with Gasteiger partial charge in [0.1, 0.15) is 0 Å². The molecule has 1 atom stereocenters. The summed E-state index contributed by atoms with van der Waals surface area (Å²) in [5.41, 5.74) is 4.68. The van der Waals surface area contributed by atoms with Crippen molar-refractivity contribution in [3.8, 4) is 0 Å². The average Bonchev–Trinajstić information content (AvgIpc) is 2.33. The first-order valence-corrected chi connectivity index (χ1v) is 4.92. The maximum atomic E-state index is 9.37. The number of hydrogen-bond acceptors (Lipinski definition) is 1. The van der Waals surface area contributed by atoms with Crippen LogP contribution >= 0.6 is 0 Å². The van der Waals surface area contributed by atoms with Gasteiger partial charge in [0.15, 0.2) is 0 Å². The Morgan fingerprint density at radius 3 is 2.43 bits per heavy atom. The minimum Gasteiger partial charge on any atom is -0.389 e. The molecule has 0 aromatic carbocycles. The smallest absolute Gasteiger partial charge is 0.0722 e. The van der Waals surface area contributed by atoms with Crippen molar-refractivity contribution in [2.45, 2.75) is 33.8 Å². The zero-order chi connectivity index (χ0) is 10.9. The number of aliphatic hydroxyl groups excluding tert-OH is 1. The Balaban J connectivity index is 3.09. The van der Waals surface area contributed by atoms with E-state index in [0.717, 1.165) is 5.57 Å². The van der Waals surface area contributed by atoms with Crippen molar-refractivity contribution in [2.24, 2.45) is 7.05 Å². The molecular formula is C12H19NO. The summed E-state index contributed by atoms with van der Waals surface area (Å²) in [6.45, 7) is 7.92. The van der Waals surface area contributed by atoms with Crippen molar-refractivity contribution < 1.29 is 5.11 Å². The maximum absolute atomic E-state index is 9.37. The van der Waals surface area contributed by atoms with E-state index in [1.54, 1.807) is 6.92 Å². The molecule has 1 unspecified atom stereocenters. The maximum Gasteiger partial charge on any atom is 0.0722 e. The highest BCUT2D eigenvalue weighted by Gasteiger charge is 2.05. The lowest BCUT2D eigenvalue weighted by atomic mass is 10.1. The molecule has 0 saturated carbocycles. The number of hydrogen-bond donors (Lipinski definition) is 1. The molecule has 0 aliphatic heterocycles. The summed E-state index contributed by atoms with van der Waals surface area (Å²) >= 11 is 0. The van der Waals surface area contributed by atoms with Gasteiger partial charge in [-0.1, -0.05) is 6.08 Å². The summed E-state index contributed by atoms with van der Waals surface area (Å²) in [6, 6.07) is 2.14. The van der Waals surface area contributed by atoms with Crippen molar-refractivity contribution in [3.63, 3.8) is 0 Å². The minimum atomic E-state index is -0.366. The zero-order valence-corrected chi connectivity index (χ0v) is 9.63. The Labute approximate surface area is 85.9 Å². The highest BCUT2D eigenvalue weighted by atomic mass is 16.3. The van der Waals surface area contributed by atoms with E-state index in [1.807, 2.05) is 13.0 Å². The van der Waals surface area contributed by atoms with E-state index in [4.69, 9.17) is 0 Å². The van der Waals surface area contributed by atoms with E-state index in [-0.39, 0.29) is 6.10 Å². The molecule has 14 heavy (non-hydrogen) atoms. The number of nitrogens with zero attached hydrogens (tertiary/aromatic N) is 1. The van der Waals surface area contributed by atoms with Crippen LogP contribution in [0.4, 0.5) is 0 Å². The molecule has 1 N–H and O–H groups in total. The number of aryl methyl sites for hydroxylation is 1. The summed E-state index contributed by atoms with van der Waals surface area (Å²) in [4.78, 5) is 0. The minimum absolute atomic E-state index is 0.366. The van der Waals surface area contributed by atoms with Gasteiger partial charge in [-0.05, 0) is 44.9 Å². The van der Waals surface area contributed by atoms with Gasteiger partial charge in [-0.25, -0.2) is 0 Å². The van der Waals surface area contributed by atoms with Crippen LogP contribution in [-0.4, -0.2) is 15.8 Å². The van der Waals surface area contributed by atoms with E-state index in [0.29, 0.717) is 0 Å². The molecule has 0 aliphatic rings. The molecule has 2 nitrogen and oxygen atoms in total. The van der Waals surface area contributed by atoms with Crippen molar-refractivity contribution in [1.82, 2.24) is 4.57 Å². The lowest BCUT2D eigenvalue weighted by Crippen LogP contribution is -2.00. The van der Waals surface area contributed by atoms with Crippen molar-refractivity contribution in [2.75, 3.05) is 0 Å². The predicted molar refractivity (Wildman–Crippen MR) is 60.2 cm³/mol. The van der Waals surface area contributed by atoms with Crippen LogP contribution in [0.25, 0.3) is 6.08 Å². The third-order valence-corrected chi connectivity index (χ3v) is 2.86. The van der Waals surface area contributed by atoms with Crippen LogP contribution in [0.3, 0.4) is 0 Å². The second-order valence-corrected chi connectivity index (χ2v) is 3.95. The van der Waals surface area contributed by atoms with Crippen LogP contribution in [0.2, 0.25) is 0 Å². The Morgan fingerprint density at radius 2 is 2.07 bits per heavy atom. The normalized spacial score (nSPS) is 14.6. The molecule has 2 heteroatoms. The van der Waals surface area contributed by atoms with Gasteiger partial charge in [-0.15, -0.1) is 0 Å². The quantitative estimate of drug-likeness (QED) is 0.766. The molecule has 0 bridgehead atoms. The number of rotatable bonds is 2. The van der Waals surface area contributed by atoms with Crippen LogP contribution in [0.5, 0.6) is 0 Å². The van der Waals surface area contributed by atoms with Crippen LogP contribution in [0.15, 0.2) is 11.6 Å². The predicted octanol–water partition coefficient (Wildman–Crippen LogP) is 2.43.